The Hall–Kier alpha value is -2.81. The number of ether oxygens (including phenoxy) is 2. The van der Waals surface area contributed by atoms with Crippen molar-refractivity contribution in [3.8, 4) is 0 Å². The standard InChI is InChI=1S/C27H35ClN4O6S.CH2O2/c1-20(26(33)30-12-16-38-17-13-30)31-7-6-25(27(31)34)32(9-8-29-10-14-37-15-11-29)39(35,36)24-5-3-21-18-23(28)4-2-22(21)19-24;2-1-3/h2-5,18-20,25H,6-17H2,1H3;1H,(H,2,3)/t20-,25-;/m0./s1. The van der Waals surface area contributed by atoms with E-state index in [2.05, 4.69) is 4.90 Å². The molecule has 2 aromatic carbocycles. The normalized spacial score (nSPS) is 20.8. The molecule has 2 amide bonds. The first-order chi connectivity index (χ1) is 20.2. The zero-order valence-electron chi connectivity index (χ0n) is 23.6. The summed E-state index contributed by atoms with van der Waals surface area (Å²) in [4.78, 5) is 40.7. The van der Waals surface area contributed by atoms with E-state index in [0.29, 0.717) is 77.1 Å². The van der Waals surface area contributed by atoms with Crippen LogP contribution in [0, 0.1) is 0 Å². The minimum absolute atomic E-state index is 0.128. The summed E-state index contributed by atoms with van der Waals surface area (Å²) in [6.07, 6.45) is 0.324. The maximum Gasteiger partial charge on any atom is 0.290 e. The van der Waals surface area contributed by atoms with Gasteiger partial charge in [0.05, 0.1) is 31.3 Å². The molecule has 0 unspecified atom stereocenters. The molecule has 1 N–H and O–H groups in total. The average molecular weight is 625 g/mol. The Morgan fingerprint density at radius 3 is 2.31 bits per heavy atom. The summed E-state index contributed by atoms with van der Waals surface area (Å²) in [5.74, 6) is -0.467. The van der Waals surface area contributed by atoms with Gasteiger partial charge in [0, 0.05) is 50.8 Å². The number of likely N-dealkylation sites (tertiary alicyclic amines) is 1. The lowest BCUT2D eigenvalue weighted by Gasteiger charge is -2.34. The first-order valence-corrected chi connectivity index (χ1v) is 15.8. The van der Waals surface area contributed by atoms with Crippen molar-refractivity contribution in [3.63, 3.8) is 0 Å². The van der Waals surface area contributed by atoms with Gasteiger partial charge in [-0.05, 0) is 48.4 Å². The molecular weight excluding hydrogens is 588 g/mol. The molecule has 42 heavy (non-hydrogen) atoms. The van der Waals surface area contributed by atoms with Gasteiger partial charge in [-0.15, -0.1) is 0 Å². The molecule has 0 aliphatic carbocycles. The number of morpholine rings is 2. The van der Waals surface area contributed by atoms with Crippen LogP contribution in [0.25, 0.3) is 10.8 Å². The second-order valence-corrected chi connectivity index (χ2v) is 12.6. The molecule has 12 nitrogen and oxygen atoms in total. The predicted molar refractivity (Wildman–Crippen MR) is 156 cm³/mol. The van der Waals surface area contributed by atoms with Gasteiger partial charge >= 0.3 is 0 Å². The van der Waals surface area contributed by atoms with E-state index >= 15 is 0 Å². The van der Waals surface area contributed by atoms with E-state index in [-0.39, 0.29) is 29.7 Å². The molecule has 0 bridgehead atoms. The maximum atomic E-state index is 14.1. The van der Waals surface area contributed by atoms with Crippen molar-refractivity contribution in [1.29, 1.82) is 0 Å². The highest BCUT2D eigenvalue weighted by Crippen LogP contribution is 2.29. The molecule has 3 heterocycles. The van der Waals surface area contributed by atoms with Gasteiger partial charge < -0.3 is 24.4 Å². The number of halogens is 1. The van der Waals surface area contributed by atoms with Crippen LogP contribution in [0.15, 0.2) is 41.3 Å². The fourth-order valence-electron chi connectivity index (χ4n) is 5.52. The van der Waals surface area contributed by atoms with Gasteiger partial charge in [0.15, 0.2) is 0 Å². The molecular formula is C28H37ClN4O8S. The second kappa shape index (κ2) is 14.6. The highest BCUT2D eigenvalue weighted by atomic mass is 35.5. The van der Waals surface area contributed by atoms with Gasteiger partial charge in [-0.25, -0.2) is 8.42 Å². The average Bonchev–Trinajstić information content (AvgIpc) is 3.38. The van der Waals surface area contributed by atoms with Crippen molar-refractivity contribution in [2.75, 3.05) is 72.2 Å². The van der Waals surface area contributed by atoms with Crippen molar-refractivity contribution in [2.45, 2.75) is 30.3 Å². The van der Waals surface area contributed by atoms with Crippen LogP contribution in [0.5, 0.6) is 0 Å². The summed E-state index contributed by atoms with van der Waals surface area (Å²) in [5, 5.41) is 9.04. The third-order valence-electron chi connectivity index (χ3n) is 7.83. The van der Waals surface area contributed by atoms with E-state index in [0.717, 1.165) is 10.8 Å². The number of sulfonamides is 1. The molecule has 0 spiro atoms. The van der Waals surface area contributed by atoms with Crippen LogP contribution in [-0.2, 0) is 33.9 Å². The van der Waals surface area contributed by atoms with Gasteiger partial charge in [0.25, 0.3) is 6.47 Å². The van der Waals surface area contributed by atoms with Crippen LogP contribution in [0.2, 0.25) is 5.02 Å². The number of carboxylic acid groups (broad SMARTS) is 1. The number of fused-ring (bicyclic) bond motifs is 1. The quantitative estimate of drug-likeness (QED) is 0.432. The SMILES string of the molecule is C[C@@H](C(=O)N1CCOCC1)N1CC[C@H](N(CCN2CCOCC2)S(=O)(=O)c2ccc3cc(Cl)ccc3c2)C1=O.O=CO. The Bertz CT molecular complexity index is 1360. The minimum atomic E-state index is -4.03. The van der Waals surface area contributed by atoms with E-state index < -0.39 is 22.1 Å². The minimum Gasteiger partial charge on any atom is -0.483 e. The maximum absolute atomic E-state index is 14.1. The lowest BCUT2D eigenvalue weighted by atomic mass is 10.1. The zero-order chi connectivity index (χ0) is 30.3. The van der Waals surface area contributed by atoms with Crippen molar-refractivity contribution in [1.82, 2.24) is 19.0 Å². The summed E-state index contributed by atoms with van der Waals surface area (Å²) >= 11 is 6.11. The first-order valence-electron chi connectivity index (χ1n) is 13.9. The van der Waals surface area contributed by atoms with Crippen LogP contribution in [0.4, 0.5) is 0 Å². The molecule has 2 atom stereocenters. The van der Waals surface area contributed by atoms with Crippen LogP contribution in [-0.4, -0.2) is 135 Å². The summed E-state index contributed by atoms with van der Waals surface area (Å²) < 4.78 is 40.3. The Kier molecular flexibility index (Phi) is 11.1. The van der Waals surface area contributed by atoms with Gasteiger partial charge in [-0.3, -0.25) is 19.3 Å². The van der Waals surface area contributed by atoms with Crippen molar-refractivity contribution in [3.05, 3.63) is 41.4 Å². The topological polar surface area (TPSA) is 137 Å². The smallest absolute Gasteiger partial charge is 0.290 e. The Morgan fingerprint density at radius 1 is 1.05 bits per heavy atom. The first kappa shape index (κ1) is 32.1. The number of benzene rings is 2. The van der Waals surface area contributed by atoms with Crippen LogP contribution in [0.3, 0.4) is 0 Å². The Balaban J connectivity index is 0.00000129. The summed E-state index contributed by atoms with van der Waals surface area (Å²) in [5.41, 5.74) is 0. The van der Waals surface area contributed by atoms with E-state index in [1.165, 1.54) is 9.21 Å². The van der Waals surface area contributed by atoms with E-state index in [1.54, 1.807) is 48.2 Å². The number of amides is 2. The van der Waals surface area contributed by atoms with Crippen molar-refractivity contribution >= 4 is 50.7 Å². The third kappa shape index (κ3) is 7.39. The van der Waals surface area contributed by atoms with Crippen LogP contribution >= 0.6 is 11.6 Å². The van der Waals surface area contributed by atoms with E-state index in [9.17, 15) is 18.0 Å². The zero-order valence-corrected chi connectivity index (χ0v) is 25.1. The molecule has 2 aromatic rings. The van der Waals surface area contributed by atoms with Gasteiger partial charge in [0.1, 0.15) is 12.1 Å². The number of carbonyl (C=O) groups is 3. The summed E-state index contributed by atoms with van der Waals surface area (Å²) in [6, 6.07) is 8.68. The van der Waals surface area contributed by atoms with E-state index in [4.69, 9.17) is 31.0 Å². The molecule has 3 aliphatic rings. The summed E-state index contributed by atoms with van der Waals surface area (Å²) in [6.45, 7) is 6.97. The largest absolute Gasteiger partial charge is 0.483 e. The number of nitrogens with zero attached hydrogens (tertiary/aromatic N) is 4. The Morgan fingerprint density at radius 2 is 1.64 bits per heavy atom. The van der Waals surface area contributed by atoms with Crippen LogP contribution < -0.4 is 0 Å². The molecule has 3 fully saturated rings. The fraction of sp³-hybridized carbons (Fsp3) is 0.536. The number of rotatable bonds is 8. The molecule has 0 saturated carbocycles. The molecule has 230 valence electrons. The lowest BCUT2D eigenvalue weighted by molar-refractivity contribution is -0.146. The molecule has 3 aliphatic heterocycles. The molecule has 0 radical (unpaired) electrons. The third-order valence-corrected chi connectivity index (χ3v) is 9.97. The fourth-order valence-corrected chi connectivity index (χ4v) is 7.34. The molecule has 5 rings (SSSR count). The van der Waals surface area contributed by atoms with Crippen molar-refractivity contribution in [2.24, 2.45) is 0 Å². The Labute approximate surface area is 250 Å². The molecule has 3 saturated heterocycles. The monoisotopic (exact) mass is 624 g/mol. The highest BCUT2D eigenvalue weighted by Gasteiger charge is 2.45. The predicted octanol–water partition coefficient (Wildman–Crippen LogP) is 1.37. The van der Waals surface area contributed by atoms with Gasteiger partial charge in [0.2, 0.25) is 21.8 Å². The van der Waals surface area contributed by atoms with E-state index in [1.807, 2.05) is 0 Å². The molecule has 0 aromatic heterocycles. The van der Waals surface area contributed by atoms with Crippen LogP contribution in [0.1, 0.15) is 13.3 Å². The number of hydrogen-bond donors (Lipinski definition) is 1. The number of carbonyl (C=O) groups excluding carboxylic acids is 2. The van der Waals surface area contributed by atoms with Gasteiger partial charge in [-0.1, -0.05) is 23.7 Å². The van der Waals surface area contributed by atoms with Crippen molar-refractivity contribution < 1.29 is 37.4 Å². The summed E-state index contributed by atoms with van der Waals surface area (Å²) in [7, 11) is -4.03. The lowest BCUT2D eigenvalue weighted by Crippen LogP contribution is -2.53. The second-order valence-electron chi connectivity index (χ2n) is 10.3. The van der Waals surface area contributed by atoms with Gasteiger partial charge in [-0.2, -0.15) is 4.31 Å². The molecule has 14 heteroatoms. The number of hydrogen-bond acceptors (Lipinski definition) is 8. The highest BCUT2D eigenvalue weighted by molar-refractivity contribution is 7.89.